The van der Waals surface area contributed by atoms with E-state index in [0.29, 0.717) is 30.6 Å². The molecule has 1 N–H and O–H groups in total. The molecule has 31 heavy (non-hydrogen) atoms. The van der Waals surface area contributed by atoms with E-state index in [1.54, 1.807) is 6.92 Å². The number of hydrogen-bond acceptors (Lipinski definition) is 6. The number of benzene rings is 2. The molecule has 4 rings (SSSR count). The topological polar surface area (TPSA) is 67.3 Å². The number of carbonyl (C=O) groups is 1. The van der Waals surface area contributed by atoms with Gasteiger partial charge in [0, 0.05) is 24.5 Å². The van der Waals surface area contributed by atoms with Crippen molar-refractivity contribution in [1.29, 1.82) is 0 Å². The number of ether oxygens (including phenoxy) is 1. The molecular weight excluding hydrogens is 422 g/mol. The molecule has 0 saturated carbocycles. The van der Waals surface area contributed by atoms with Gasteiger partial charge in [-0.3, -0.25) is 9.69 Å². The van der Waals surface area contributed by atoms with Gasteiger partial charge in [-0.05, 0) is 25.1 Å². The van der Waals surface area contributed by atoms with Crippen LogP contribution in [0, 0.1) is 11.6 Å². The van der Waals surface area contributed by atoms with Gasteiger partial charge in [0.15, 0.2) is 0 Å². The number of thioether (sulfide) groups is 1. The van der Waals surface area contributed by atoms with Gasteiger partial charge in [0.1, 0.15) is 22.5 Å². The second-order valence-electron chi connectivity index (χ2n) is 7.22. The predicted molar refractivity (Wildman–Crippen MR) is 116 cm³/mol. The Hall–Kier alpha value is -2.62. The molecule has 0 radical (unpaired) electrons. The second-order valence-corrected chi connectivity index (χ2v) is 8.55. The Morgan fingerprint density at radius 3 is 2.74 bits per heavy atom. The van der Waals surface area contributed by atoms with E-state index in [2.05, 4.69) is 15.2 Å². The van der Waals surface area contributed by atoms with Crippen LogP contribution in [-0.2, 0) is 16.1 Å². The van der Waals surface area contributed by atoms with E-state index in [9.17, 15) is 13.6 Å². The van der Waals surface area contributed by atoms with Crippen LogP contribution in [0.25, 0.3) is 10.9 Å². The summed E-state index contributed by atoms with van der Waals surface area (Å²) < 4.78 is 32.4. The number of aromatic nitrogens is 2. The highest BCUT2D eigenvalue weighted by molar-refractivity contribution is 8.00. The van der Waals surface area contributed by atoms with Crippen molar-refractivity contribution in [3.05, 3.63) is 59.9 Å². The van der Waals surface area contributed by atoms with Crippen LogP contribution in [0.4, 0.5) is 14.5 Å². The summed E-state index contributed by atoms with van der Waals surface area (Å²) in [6.07, 6.45) is 0. The van der Waals surface area contributed by atoms with Crippen molar-refractivity contribution in [3.63, 3.8) is 0 Å². The quantitative estimate of drug-likeness (QED) is 0.460. The fraction of sp³-hybridized carbons (Fsp3) is 0.318. The van der Waals surface area contributed by atoms with Crippen LogP contribution in [0.15, 0.2) is 47.5 Å². The largest absolute Gasteiger partial charge is 0.379 e. The number of amides is 1. The minimum atomic E-state index is -0.814. The Morgan fingerprint density at radius 2 is 1.97 bits per heavy atom. The molecule has 1 aliphatic heterocycles. The van der Waals surface area contributed by atoms with E-state index in [1.165, 1.54) is 17.8 Å². The van der Waals surface area contributed by atoms with Gasteiger partial charge in [0.25, 0.3) is 0 Å². The maximum absolute atomic E-state index is 13.9. The zero-order valence-corrected chi connectivity index (χ0v) is 17.8. The second kappa shape index (κ2) is 9.67. The van der Waals surface area contributed by atoms with Crippen molar-refractivity contribution in [3.8, 4) is 0 Å². The molecule has 1 aliphatic rings. The number of halogens is 2. The maximum atomic E-state index is 13.9. The molecular formula is C22H22F2N4O2S. The van der Waals surface area contributed by atoms with Gasteiger partial charge in [0.2, 0.25) is 5.91 Å². The van der Waals surface area contributed by atoms with Crippen molar-refractivity contribution >= 4 is 34.3 Å². The lowest BCUT2D eigenvalue weighted by molar-refractivity contribution is -0.115. The van der Waals surface area contributed by atoms with Crippen LogP contribution in [0.1, 0.15) is 12.7 Å². The molecule has 1 atom stereocenters. The molecule has 1 saturated heterocycles. The van der Waals surface area contributed by atoms with Gasteiger partial charge in [-0.25, -0.2) is 18.7 Å². The van der Waals surface area contributed by atoms with Gasteiger partial charge < -0.3 is 10.1 Å². The number of morpholine rings is 1. The summed E-state index contributed by atoms with van der Waals surface area (Å²) in [5.74, 6) is -1.22. The van der Waals surface area contributed by atoms with Gasteiger partial charge in [0.05, 0.1) is 36.2 Å². The fourth-order valence-electron chi connectivity index (χ4n) is 3.26. The first kappa shape index (κ1) is 21.6. The summed E-state index contributed by atoms with van der Waals surface area (Å²) >= 11 is 1.28. The number of hydrogen-bond donors (Lipinski definition) is 1. The van der Waals surface area contributed by atoms with Crippen LogP contribution in [0.2, 0.25) is 0 Å². The van der Waals surface area contributed by atoms with Crippen molar-refractivity contribution in [2.24, 2.45) is 0 Å². The van der Waals surface area contributed by atoms with Crippen LogP contribution >= 0.6 is 11.8 Å². The first-order valence-corrected chi connectivity index (χ1v) is 10.9. The average Bonchev–Trinajstić information content (AvgIpc) is 2.76. The molecule has 1 fully saturated rings. The first-order chi connectivity index (χ1) is 15.0. The van der Waals surface area contributed by atoms with Crippen LogP contribution in [-0.4, -0.2) is 52.3 Å². The zero-order valence-electron chi connectivity index (χ0n) is 17.0. The minimum Gasteiger partial charge on any atom is -0.379 e. The molecule has 2 aromatic carbocycles. The SMILES string of the molecule is C[C@@H](Sc1nc(CN2CCOCC2)nc2ccccc12)C(=O)Nc1ccc(F)cc1F. The zero-order chi connectivity index (χ0) is 21.8. The summed E-state index contributed by atoms with van der Waals surface area (Å²) in [6, 6.07) is 10.7. The highest BCUT2D eigenvalue weighted by Gasteiger charge is 2.20. The van der Waals surface area contributed by atoms with Crippen molar-refractivity contribution in [2.45, 2.75) is 23.7 Å². The lowest BCUT2D eigenvalue weighted by Crippen LogP contribution is -2.36. The molecule has 6 nitrogen and oxygen atoms in total. The molecule has 1 aromatic heterocycles. The highest BCUT2D eigenvalue weighted by atomic mass is 32.2. The Kier molecular flexibility index (Phi) is 6.74. The van der Waals surface area contributed by atoms with Crippen molar-refractivity contribution < 1.29 is 18.3 Å². The number of nitrogens with one attached hydrogen (secondary N) is 1. The van der Waals surface area contributed by atoms with Crippen molar-refractivity contribution in [2.75, 3.05) is 31.6 Å². The highest BCUT2D eigenvalue weighted by Crippen LogP contribution is 2.30. The van der Waals surface area contributed by atoms with Gasteiger partial charge in [-0.1, -0.05) is 30.0 Å². The number of carbonyl (C=O) groups excluding carboxylic acids is 1. The number of fused-ring (bicyclic) bond motifs is 1. The molecule has 2 heterocycles. The molecule has 0 unspecified atom stereocenters. The van der Waals surface area contributed by atoms with Gasteiger partial charge in [-0.2, -0.15) is 0 Å². The van der Waals surface area contributed by atoms with E-state index in [4.69, 9.17) is 9.72 Å². The monoisotopic (exact) mass is 444 g/mol. The van der Waals surface area contributed by atoms with Crippen LogP contribution in [0.5, 0.6) is 0 Å². The Morgan fingerprint density at radius 1 is 1.19 bits per heavy atom. The smallest absolute Gasteiger partial charge is 0.237 e. The summed E-state index contributed by atoms with van der Waals surface area (Å²) in [5.41, 5.74) is 0.750. The number of para-hydroxylation sites is 1. The average molecular weight is 445 g/mol. The number of rotatable bonds is 6. The minimum absolute atomic E-state index is 0.0561. The van der Waals surface area contributed by atoms with E-state index >= 15 is 0 Å². The number of nitrogens with zero attached hydrogens (tertiary/aromatic N) is 3. The Bertz CT molecular complexity index is 1090. The van der Waals surface area contributed by atoms with E-state index in [-0.39, 0.29) is 5.69 Å². The molecule has 0 spiro atoms. The van der Waals surface area contributed by atoms with E-state index in [0.717, 1.165) is 36.1 Å². The van der Waals surface area contributed by atoms with Crippen LogP contribution in [0.3, 0.4) is 0 Å². The van der Waals surface area contributed by atoms with Crippen LogP contribution < -0.4 is 5.32 Å². The molecule has 9 heteroatoms. The Balaban J connectivity index is 1.53. The summed E-state index contributed by atoms with van der Waals surface area (Å²) in [7, 11) is 0. The third-order valence-corrected chi connectivity index (χ3v) is 6.03. The summed E-state index contributed by atoms with van der Waals surface area (Å²) in [6.45, 7) is 5.34. The van der Waals surface area contributed by atoms with Crippen molar-refractivity contribution in [1.82, 2.24) is 14.9 Å². The molecule has 162 valence electrons. The third kappa shape index (κ3) is 5.36. The Labute approximate surface area is 183 Å². The standard InChI is InChI=1S/C22H22F2N4O2S/c1-14(21(29)26-19-7-6-15(23)12-17(19)24)31-22-16-4-2-3-5-18(16)25-20(27-22)13-28-8-10-30-11-9-28/h2-7,12,14H,8-11,13H2,1H3,(H,26,29)/t14-/m1/s1. The summed E-state index contributed by atoms with van der Waals surface area (Å²) in [5, 5.41) is 3.51. The summed E-state index contributed by atoms with van der Waals surface area (Å²) in [4.78, 5) is 24.3. The fourth-order valence-corrected chi connectivity index (χ4v) is 4.22. The maximum Gasteiger partial charge on any atom is 0.237 e. The molecule has 3 aromatic rings. The van der Waals surface area contributed by atoms with E-state index in [1.807, 2.05) is 24.3 Å². The van der Waals surface area contributed by atoms with Gasteiger partial charge >= 0.3 is 0 Å². The molecule has 1 amide bonds. The molecule has 0 bridgehead atoms. The van der Waals surface area contributed by atoms with E-state index < -0.39 is 22.8 Å². The lowest BCUT2D eigenvalue weighted by atomic mass is 10.2. The third-order valence-electron chi connectivity index (χ3n) is 4.93. The lowest BCUT2D eigenvalue weighted by Gasteiger charge is -2.26. The first-order valence-electron chi connectivity index (χ1n) is 9.98. The predicted octanol–water partition coefficient (Wildman–Crippen LogP) is 3.86. The normalized spacial score (nSPS) is 15.7. The number of anilines is 1. The molecule has 0 aliphatic carbocycles. The van der Waals surface area contributed by atoms with Gasteiger partial charge in [-0.15, -0.1) is 0 Å².